The molecule has 2 aliphatic rings. The van der Waals surface area contributed by atoms with Crippen molar-refractivity contribution in [1.82, 2.24) is 14.8 Å². The Bertz CT molecular complexity index is 517. The van der Waals surface area contributed by atoms with Crippen LogP contribution in [-0.4, -0.2) is 51.8 Å². The smallest absolute Gasteiger partial charge is 0.225 e. The van der Waals surface area contributed by atoms with Crippen molar-refractivity contribution in [3.63, 3.8) is 0 Å². The molecule has 2 aliphatic heterocycles. The molecule has 2 atom stereocenters. The number of likely N-dealkylation sites (tertiary alicyclic amines) is 2. The molecule has 0 spiro atoms. The summed E-state index contributed by atoms with van der Waals surface area (Å²) in [6.07, 6.45) is 5.79. The Labute approximate surface area is 118 Å². The van der Waals surface area contributed by atoms with Crippen molar-refractivity contribution in [3.8, 4) is 0 Å². The largest absolute Gasteiger partial charge is 0.337 e. The van der Waals surface area contributed by atoms with E-state index in [0.717, 1.165) is 25.9 Å². The molecule has 0 unspecified atom stereocenters. The minimum absolute atomic E-state index is 0.0845. The number of carbonyl (C=O) groups excluding carboxylic acids is 2. The summed E-state index contributed by atoms with van der Waals surface area (Å²) in [4.78, 5) is 31.5. The Balaban J connectivity index is 1.66. The van der Waals surface area contributed by atoms with Crippen LogP contribution in [-0.2, 0) is 16.0 Å². The topological polar surface area (TPSA) is 53.5 Å². The van der Waals surface area contributed by atoms with Crippen molar-refractivity contribution in [3.05, 3.63) is 30.1 Å². The predicted molar refractivity (Wildman–Crippen MR) is 73.9 cm³/mol. The van der Waals surface area contributed by atoms with Crippen LogP contribution < -0.4 is 0 Å². The van der Waals surface area contributed by atoms with Gasteiger partial charge in [-0.05, 0) is 30.5 Å². The van der Waals surface area contributed by atoms with Gasteiger partial charge in [-0.25, -0.2) is 0 Å². The molecular formula is C15H19N3O2. The van der Waals surface area contributed by atoms with Gasteiger partial charge >= 0.3 is 0 Å². The molecule has 0 N–H and O–H groups in total. The van der Waals surface area contributed by atoms with Crippen molar-refractivity contribution < 1.29 is 9.59 Å². The Morgan fingerprint density at radius 2 is 2.10 bits per heavy atom. The number of hydrogen-bond donors (Lipinski definition) is 0. The highest BCUT2D eigenvalue weighted by molar-refractivity contribution is 5.83. The first-order valence-electron chi connectivity index (χ1n) is 7.12. The zero-order valence-electron chi connectivity index (χ0n) is 11.7. The summed E-state index contributed by atoms with van der Waals surface area (Å²) in [5.41, 5.74) is 1.19. The Morgan fingerprint density at radius 3 is 2.80 bits per heavy atom. The number of pyridine rings is 1. The monoisotopic (exact) mass is 273 g/mol. The number of amides is 2. The van der Waals surface area contributed by atoms with Crippen molar-refractivity contribution in [2.45, 2.75) is 38.3 Å². The van der Waals surface area contributed by atoms with E-state index in [-0.39, 0.29) is 23.9 Å². The first-order valence-corrected chi connectivity index (χ1v) is 7.12. The summed E-state index contributed by atoms with van der Waals surface area (Å²) in [6, 6.07) is 4.27. The first kappa shape index (κ1) is 13.1. The van der Waals surface area contributed by atoms with E-state index in [1.807, 2.05) is 21.9 Å². The summed E-state index contributed by atoms with van der Waals surface area (Å²) in [6.45, 7) is 3.10. The number of nitrogens with zero attached hydrogens (tertiary/aromatic N) is 3. The summed E-state index contributed by atoms with van der Waals surface area (Å²) < 4.78 is 0. The van der Waals surface area contributed by atoms with Crippen LogP contribution in [0.15, 0.2) is 24.5 Å². The molecule has 2 saturated heterocycles. The standard InChI is InChI=1S/C15H19N3O2/c1-11(19)17-9-5-13-14(17)10-15(20)18(13)8-4-12-2-6-16-7-3-12/h2-3,6-7,13-14H,4-5,8-10H2,1H3/t13-,14-/m0/s1. The van der Waals surface area contributed by atoms with Gasteiger partial charge in [0.2, 0.25) is 11.8 Å². The van der Waals surface area contributed by atoms with E-state index in [9.17, 15) is 9.59 Å². The van der Waals surface area contributed by atoms with Crippen LogP contribution in [0.3, 0.4) is 0 Å². The van der Waals surface area contributed by atoms with Crippen LogP contribution in [0, 0.1) is 0 Å². The molecule has 0 aromatic carbocycles. The van der Waals surface area contributed by atoms with Gasteiger partial charge < -0.3 is 9.80 Å². The van der Waals surface area contributed by atoms with E-state index in [4.69, 9.17) is 0 Å². The van der Waals surface area contributed by atoms with Gasteiger partial charge in [-0.3, -0.25) is 14.6 Å². The zero-order chi connectivity index (χ0) is 14.1. The number of fused-ring (bicyclic) bond motifs is 1. The molecular weight excluding hydrogens is 254 g/mol. The first-order chi connectivity index (χ1) is 9.66. The lowest BCUT2D eigenvalue weighted by atomic mass is 10.1. The van der Waals surface area contributed by atoms with E-state index in [2.05, 4.69) is 4.98 Å². The van der Waals surface area contributed by atoms with Crippen molar-refractivity contribution >= 4 is 11.8 Å². The quantitative estimate of drug-likeness (QED) is 0.820. The molecule has 3 heterocycles. The van der Waals surface area contributed by atoms with Crippen molar-refractivity contribution in [2.24, 2.45) is 0 Å². The molecule has 2 fully saturated rings. The van der Waals surface area contributed by atoms with Crippen LogP contribution in [0.1, 0.15) is 25.3 Å². The molecule has 106 valence electrons. The van der Waals surface area contributed by atoms with E-state index < -0.39 is 0 Å². The van der Waals surface area contributed by atoms with E-state index in [1.165, 1.54) is 5.56 Å². The van der Waals surface area contributed by atoms with E-state index >= 15 is 0 Å². The maximum Gasteiger partial charge on any atom is 0.225 e. The molecule has 5 nitrogen and oxygen atoms in total. The van der Waals surface area contributed by atoms with Gasteiger partial charge in [-0.2, -0.15) is 0 Å². The zero-order valence-corrected chi connectivity index (χ0v) is 11.7. The molecule has 3 rings (SSSR count). The fourth-order valence-corrected chi connectivity index (χ4v) is 3.41. The highest BCUT2D eigenvalue weighted by Crippen LogP contribution is 2.32. The van der Waals surface area contributed by atoms with Gasteiger partial charge in [0.15, 0.2) is 0 Å². The van der Waals surface area contributed by atoms with Gasteiger partial charge in [0.25, 0.3) is 0 Å². The van der Waals surface area contributed by atoms with Crippen LogP contribution in [0.25, 0.3) is 0 Å². The molecule has 0 bridgehead atoms. The summed E-state index contributed by atoms with van der Waals surface area (Å²) in [5.74, 6) is 0.265. The number of hydrogen-bond acceptors (Lipinski definition) is 3. The maximum absolute atomic E-state index is 12.2. The van der Waals surface area contributed by atoms with Crippen molar-refractivity contribution in [2.75, 3.05) is 13.1 Å². The second-order valence-electron chi connectivity index (χ2n) is 5.53. The third-order valence-corrected chi connectivity index (χ3v) is 4.41. The lowest BCUT2D eigenvalue weighted by Gasteiger charge is -2.24. The lowest BCUT2D eigenvalue weighted by Crippen LogP contribution is -2.39. The molecule has 0 saturated carbocycles. The molecule has 20 heavy (non-hydrogen) atoms. The third kappa shape index (κ3) is 2.28. The normalized spacial score (nSPS) is 25.1. The molecule has 1 aromatic heterocycles. The van der Waals surface area contributed by atoms with Gasteiger partial charge in [-0.1, -0.05) is 0 Å². The molecule has 2 amide bonds. The van der Waals surface area contributed by atoms with Gasteiger partial charge in [0.1, 0.15) is 0 Å². The van der Waals surface area contributed by atoms with Crippen LogP contribution in [0.5, 0.6) is 0 Å². The maximum atomic E-state index is 12.2. The minimum atomic E-state index is 0.0845. The van der Waals surface area contributed by atoms with Crippen LogP contribution in [0.4, 0.5) is 0 Å². The Kier molecular flexibility index (Phi) is 3.42. The fourth-order valence-electron chi connectivity index (χ4n) is 3.41. The van der Waals surface area contributed by atoms with Crippen molar-refractivity contribution in [1.29, 1.82) is 0 Å². The van der Waals surface area contributed by atoms with Crippen LogP contribution >= 0.6 is 0 Å². The number of carbonyl (C=O) groups is 2. The molecule has 0 aliphatic carbocycles. The summed E-state index contributed by atoms with van der Waals surface area (Å²) in [7, 11) is 0. The predicted octanol–water partition coefficient (Wildman–Crippen LogP) is 0.846. The molecule has 5 heteroatoms. The van der Waals surface area contributed by atoms with Gasteiger partial charge in [0, 0.05) is 38.8 Å². The highest BCUT2D eigenvalue weighted by atomic mass is 16.2. The van der Waals surface area contributed by atoms with Gasteiger partial charge in [-0.15, -0.1) is 0 Å². The van der Waals surface area contributed by atoms with E-state index in [0.29, 0.717) is 6.42 Å². The highest BCUT2D eigenvalue weighted by Gasteiger charge is 2.47. The number of rotatable bonds is 3. The third-order valence-electron chi connectivity index (χ3n) is 4.41. The molecule has 1 aromatic rings. The SMILES string of the molecule is CC(=O)N1CC[C@H]2[C@@H]1CC(=O)N2CCc1ccncc1. The van der Waals surface area contributed by atoms with Crippen LogP contribution in [0.2, 0.25) is 0 Å². The second kappa shape index (κ2) is 5.23. The Hall–Kier alpha value is -1.91. The number of aromatic nitrogens is 1. The summed E-state index contributed by atoms with van der Waals surface area (Å²) in [5, 5.41) is 0. The Morgan fingerprint density at radius 1 is 1.35 bits per heavy atom. The fraction of sp³-hybridized carbons (Fsp3) is 0.533. The second-order valence-corrected chi connectivity index (χ2v) is 5.53. The molecule has 0 radical (unpaired) electrons. The average Bonchev–Trinajstić information content (AvgIpc) is 2.96. The van der Waals surface area contributed by atoms with Gasteiger partial charge in [0.05, 0.1) is 12.1 Å². The summed E-state index contributed by atoms with van der Waals surface area (Å²) >= 11 is 0. The average molecular weight is 273 g/mol. The minimum Gasteiger partial charge on any atom is -0.337 e. The lowest BCUT2D eigenvalue weighted by molar-refractivity contribution is -0.130. The van der Waals surface area contributed by atoms with E-state index in [1.54, 1.807) is 19.3 Å².